The lowest BCUT2D eigenvalue weighted by Gasteiger charge is -2.16. The number of thiophene rings is 1. The minimum Gasteiger partial charge on any atom is -0.493 e. The zero-order valence-corrected chi connectivity index (χ0v) is 16.4. The summed E-state index contributed by atoms with van der Waals surface area (Å²) in [6.45, 7) is 3.69. The Hall–Kier alpha value is -2.87. The number of nitrogens with zero attached hydrogens (tertiary/aromatic N) is 2. The van der Waals surface area contributed by atoms with Crippen LogP contribution in [-0.4, -0.2) is 29.7 Å². The van der Waals surface area contributed by atoms with Crippen molar-refractivity contribution in [3.63, 3.8) is 0 Å². The van der Waals surface area contributed by atoms with Gasteiger partial charge in [-0.3, -0.25) is 14.2 Å². The second-order valence-electron chi connectivity index (χ2n) is 5.98. The SMILES string of the molecule is CCc1cc2c(=O)n(C(C)C(=O)Nc3ccc(OC)c(OC)c3)cnc2s1. The number of hydrogen-bond acceptors (Lipinski definition) is 6. The molecule has 1 unspecified atom stereocenters. The van der Waals surface area contributed by atoms with E-state index >= 15 is 0 Å². The number of rotatable bonds is 6. The molecule has 0 bridgehead atoms. The Morgan fingerprint density at radius 1 is 1.26 bits per heavy atom. The molecule has 27 heavy (non-hydrogen) atoms. The molecule has 3 aromatic rings. The van der Waals surface area contributed by atoms with Crippen LogP contribution < -0.4 is 20.3 Å². The summed E-state index contributed by atoms with van der Waals surface area (Å²) in [5.41, 5.74) is 0.335. The zero-order chi connectivity index (χ0) is 19.6. The van der Waals surface area contributed by atoms with Gasteiger partial charge in [-0.2, -0.15) is 0 Å². The predicted octanol–water partition coefficient (Wildman–Crippen LogP) is 3.24. The maximum atomic E-state index is 12.8. The Kier molecular flexibility index (Phi) is 5.46. The number of anilines is 1. The smallest absolute Gasteiger partial charge is 0.262 e. The zero-order valence-electron chi connectivity index (χ0n) is 15.6. The van der Waals surface area contributed by atoms with Gasteiger partial charge in [0, 0.05) is 16.6 Å². The van der Waals surface area contributed by atoms with Gasteiger partial charge >= 0.3 is 0 Å². The van der Waals surface area contributed by atoms with Gasteiger partial charge in [0.15, 0.2) is 11.5 Å². The fraction of sp³-hybridized carbons (Fsp3) is 0.316. The van der Waals surface area contributed by atoms with E-state index < -0.39 is 6.04 Å². The summed E-state index contributed by atoms with van der Waals surface area (Å²) in [7, 11) is 3.07. The van der Waals surface area contributed by atoms with Gasteiger partial charge in [0.1, 0.15) is 10.9 Å². The van der Waals surface area contributed by atoms with E-state index in [1.165, 1.54) is 29.3 Å². The summed E-state index contributed by atoms with van der Waals surface area (Å²) in [5, 5.41) is 3.34. The largest absolute Gasteiger partial charge is 0.493 e. The van der Waals surface area contributed by atoms with E-state index in [-0.39, 0.29) is 11.5 Å². The van der Waals surface area contributed by atoms with Gasteiger partial charge < -0.3 is 14.8 Å². The molecule has 0 saturated heterocycles. The van der Waals surface area contributed by atoms with Gasteiger partial charge in [0.25, 0.3) is 5.56 Å². The highest BCUT2D eigenvalue weighted by atomic mass is 32.1. The van der Waals surface area contributed by atoms with Crippen LogP contribution in [0, 0.1) is 0 Å². The third-order valence-corrected chi connectivity index (χ3v) is 5.51. The van der Waals surface area contributed by atoms with Gasteiger partial charge in [-0.05, 0) is 31.5 Å². The lowest BCUT2D eigenvalue weighted by Crippen LogP contribution is -2.31. The molecule has 1 aromatic carbocycles. The van der Waals surface area contributed by atoms with E-state index in [4.69, 9.17) is 9.47 Å². The highest BCUT2D eigenvalue weighted by Gasteiger charge is 2.19. The molecule has 1 N–H and O–H groups in total. The molecule has 1 amide bonds. The lowest BCUT2D eigenvalue weighted by molar-refractivity contribution is -0.118. The number of carbonyl (C=O) groups is 1. The lowest BCUT2D eigenvalue weighted by atomic mass is 10.2. The van der Waals surface area contributed by atoms with Crippen molar-refractivity contribution in [2.24, 2.45) is 0 Å². The maximum absolute atomic E-state index is 12.8. The van der Waals surface area contributed by atoms with Crippen molar-refractivity contribution < 1.29 is 14.3 Å². The molecule has 3 rings (SSSR count). The maximum Gasteiger partial charge on any atom is 0.262 e. The minimum absolute atomic E-state index is 0.217. The monoisotopic (exact) mass is 387 g/mol. The average Bonchev–Trinajstić information content (AvgIpc) is 3.12. The second-order valence-corrected chi connectivity index (χ2v) is 7.09. The van der Waals surface area contributed by atoms with Gasteiger partial charge in [0.05, 0.1) is 25.9 Å². The quantitative estimate of drug-likeness (QED) is 0.702. The number of ether oxygens (including phenoxy) is 2. The number of amides is 1. The van der Waals surface area contributed by atoms with Crippen molar-refractivity contribution in [3.8, 4) is 11.5 Å². The molecule has 1 atom stereocenters. The van der Waals surface area contributed by atoms with E-state index in [1.807, 2.05) is 13.0 Å². The van der Waals surface area contributed by atoms with Gasteiger partial charge in [-0.1, -0.05) is 6.92 Å². The summed E-state index contributed by atoms with van der Waals surface area (Å²) >= 11 is 1.50. The summed E-state index contributed by atoms with van der Waals surface area (Å²) < 4.78 is 11.8. The second kappa shape index (κ2) is 7.79. The van der Waals surface area contributed by atoms with Gasteiger partial charge in [-0.15, -0.1) is 11.3 Å². The number of carbonyl (C=O) groups excluding carboxylic acids is 1. The van der Waals surface area contributed by atoms with Crippen LogP contribution in [0.4, 0.5) is 5.69 Å². The summed E-state index contributed by atoms with van der Waals surface area (Å²) in [6, 6.07) is 6.22. The molecule has 0 fully saturated rings. The van der Waals surface area contributed by atoms with Crippen LogP contribution in [0.15, 0.2) is 35.4 Å². The van der Waals surface area contributed by atoms with Crippen LogP contribution in [0.5, 0.6) is 11.5 Å². The first-order chi connectivity index (χ1) is 13.0. The molecule has 8 heteroatoms. The van der Waals surface area contributed by atoms with Gasteiger partial charge in [0.2, 0.25) is 5.91 Å². The summed E-state index contributed by atoms with van der Waals surface area (Å²) in [4.78, 5) is 31.5. The molecule has 0 spiro atoms. The van der Waals surface area contributed by atoms with E-state index in [9.17, 15) is 9.59 Å². The first-order valence-corrected chi connectivity index (χ1v) is 9.32. The number of benzene rings is 1. The number of nitrogens with one attached hydrogen (secondary N) is 1. The fourth-order valence-corrected chi connectivity index (χ4v) is 3.65. The first-order valence-electron chi connectivity index (χ1n) is 8.51. The molecule has 0 aliphatic carbocycles. The van der Waals surface area contributed by atoms with Crippen LogP contribution >= 0.6 is 11.3 Å². The van der Waals surface area contributed by atoms with Crippen molar-refractivity contribution >= 4 is 33.1 Å². The average molecular weight is 387 g/mol. The Labute approximate surface area is 160 Å². The molecule has 2 heterocycles. The molecule has 2 aromatic heterocycles. The summed E-state index contributed by atoms with van der Waals surface area (Å²) in [6.07, 6.45) is 2.27. The van der Waals surface area contributed by atoms with Crippen LogP contribution in [-0.2, 0) is 11.2 Å². The number of aryl methyl sites for hydroxylation is 1. The molecular formula is C19H21N3O4S. The van der Waals surface area contributed by atoms with E-state index in [1.54, 1.807) is 32.2 Å². The van der Waals surface area contributed by atoms with Crippen LogP contribution in [0.1, 0.15) is 24.8 Å². The third-order valence-electron chi connectivity index (χ3n) is 4.32. The Morgan fingerprint density at radius 2 is 2.00 bits per heavy atom. The third kappa shape index (κ3) is 3.66. The van der Waals surface area contributed by atoms with Crippen LogP contribution in [0.2, 0.25) is 0 Å². The van der Waals surface area contributed by atoms with Gasteiger partial charge in [-0.25, -0.2) is 4.98 Å². The molecule has 0 aliphatic rings. The minimum atomic E-state index is -0.715. The van der Waals surface area contributed by atoms with E-state index in [0.29, 0.717) is 27.4 Å². The molecule has 142 valence electrons. The van der Waals surface area contributed by atoms with E-state index in [0.717, 1.165) is 11.3 Å². The van der Waals surface area contributed by atoms with Crippen molar-refractivity contribution in [2.75, 3.05) is 19.5 Å². The summed E-state index contributed by atoms with van der Waals surface area (Å²) in [5.74, 6) is 0.753. The Bertz CT molecular complexity index is 1040. The number of aromatic nitrogens is 2. The number of methoxy groups -OCH3 is 2. The predicted molar refractivity (Wildman–Crippen MR) is 106 cm³/mol. The topological polar surface area (TPSA) is 82.5 Å². The number of fused-ring (bicyclic) bond motifs is 1. The van der Waals surface area contributed by atoms with Crippen molar-refractivity contribution in [2.45, 2.75) is 26.3 Å². The van der Waals surface area contributed by atoms with Crippen LogP contribution in [0.25, 0.3) is 10.2 Å². The van der Waals surface area contributed by atoms with Crippen molar-refractivity contribution in [3.05, 3.63) is 45.8 Å². The standard InChI is InChI=1S/C19H21N3O4S/c1-5-13-9-14-18(27-13)20-10-22(19(14)24)11(2)17(23)21-12-6-7-15(25-3)16(8-12)26-4/h6-11H,5H2,1-4H3,(H,21,23). The first kappa shape index (κ1) is 18.9. The molecule has 7 nitrogen and oxygen atoms in total. The Balaban J connectivity index is 1.86. The highest BCUT2D eigenvalue weighted by Crippen LogP contribution is 2.30. The van der Waals surface area contributed by atoms with Crippen LogP contribution in [0.3, 0.4) is 0 Å². The molecule has 0 aliphatic heterocycles. The normalized spacial score (nSPS) is 12.0. The Morgan fingerprint density at radius 3 is 2.67 bits per heavy atom. The molecule has 0 saturated carbocycles. The van der Waals surface area contributed by atoms with Crippen molar-refractivity contribution in [1.29, 1.82) is 0 Å². The number of hydrogen-bond donors (Lipinski definition) is 1. The highest BCUT2D eigenvalue weighted by molar-refractivity contribution is 7.18. The molecular weight excluding hydrogens is 366 g/mol. The molecule has 0 radical (unpaired) electrons. The van der Waals surface area contributed by atoms with E-state index in [2.05, 4.69) is 10.3 Å². The fourth-order valence-electron chi connectivity index (χ4n) is 2.72. The van der Waals surface area contributed by atoms with Crippen molar-refractivity contribution in [1.82, 2.24) is 9.55 Å².